The Balaban J connectivity index is 1.57. The van der Waals surface area contributed by atoms with Crippen molar-refractivity contribution in [2.24, 2.45) is 5.10 Å². The number of para-hydroxylation sites is 1. The first-order valence-corrected chi connectivity index (χ1v) is 9.61. The molecule has 5 rings (SSSR count). The molecular weight excluding hydrogens is 340 g/mol. The number of rotatable bonds is 3. The van der Waals surface area contributed by atoms with E-state index in [1.807, 2.05) is 12.1 Å². The maximum absolute atomic E-state index is 6.53. The van der Waals surface area contributed by atoms with Crippen LogP contribution in [0.3, 0.4) is 0 Å². The number of hydrogen-bond donors (Lipinski definition) is 0. The van der Waals surface area contributed by atoms with Crippen molar-refractivity contribution in [2.45, 2.75) is 43.9 Å². The summed E-state index contributed by atoms with van der Waals surface area (Å²) >= 11 is 0. The average molecular weight is 364 g/mol. The van der Waals surface area contributed by atoms with Gasteiger partial charge in [-0.2, -0.15) is 5.10 Å². The van der Waals surface area contributed by atoms with Crippen LogP contribution < -0.4 is 14.2 Å². The maximum atomic E-state index is 6.53. The van der Waals surface area contributed by atoms with Crippen LogP contribution in [0, 0.1) is 0 Å². The number of fused-ring (bicyclic) bond motifs is 4. The number of hydrazone groups is 1. The van der Waals surface area contributed by atoms with Crippen molar-refractivity contribution >= 4 is 5.71 Å². The summed E-state index contributed by atoms with van der Waals surface area (Å²) in [4.78, 5) is 0. The maximum Gasteiger partial charge on any atom is 0.198 e. The molecule has 3 aliphatic rings. The third kappa shape index (κ3) is 2.48. The zero-order valence-corrected chi connectivity index (χ0v) is 15.8. The average Bonchev–Trinajstić information content (AvgIpc) is 3.36. The van der Waals surface area contributed by atoms with Gasteiger partial charge in [0.05, 0.1) is 26.0 Å². The molecule has 1 fully saturated rings. The van der Waals surface area contributed by atoms with Crippen molar-refractivity contribution in [3.63, 3.8) is 0 Å². The molecule has 0 saturated heterocycles. The molecule has 2 aromatic carbocycles. The molecule has 27 heavy (non-hydrogen) atoms. The molecule has 0 bridgehead atoms. The standard InChI is InChI=1S/C22H24N2O3/c1-25-20-10-9-15(13-21(20)26-2)17-14-18-16-7-3-4-8-19(16)27-22(24(18)23-17)11-5-6-12-22/h3-4,7-10,13,18H,5-6,11-12,14H2,1-2H3. The summed E-state index contributed by atoms with van der Waals surface area (Å²) in [7, 11) is 3.32. The number of methoxy groups -OCH3 is 2. The molecule has 0 aromatic heterocycles. The molecule has 1 atom stereocenters. The van der Waals surface area contributed by atoms with Crippen LogP contribution in [0.5, 0.6) is 17.2 Å². The first kappa shape index (κ1) is 16.5. The number of benzene rings is 2. The van der Waals surface area contributed by atoms with Gasteiger partial charge in [0.15, 0.2) is 17.2 Å². The highest BCUT2D eigenvalue weighted by molar-refractivity contribution is 6.02. The summed E-state index contributed by atoms with van der Waals surface area (Å²) in [5.74, 6) is 2.48. The predicted molar refractivity (Wildman–Crippen MR) is 104 cm³/mol. The van der Waals surface area contributed by atoms with Crippen molar-refractivity contribution < 1.29 is 14.2 Å². The second kappa shape index (κ2) is 6.19. The van der Waals surface area contributed by atoms with Crippen LogP contribution in [0.25, 0.3) is 0 Å². The van der Waals surface area contributed by atoms with E-state index in [1.165, 1.54) is 18.4 Å². The monoisotopic (exact) mass is 364 g/mol. The smallest absolute Gasteiger partial charge is 0.198 e. The Bertz CT molecular complexity index is 902. The van der Waals surface area contributed by atoms with Gasteiger partial charge in [0.25, 0.3) is 0 Å². The van der Waals surface area contributed by atoms with Crippen LogP contribution in [-0.4, -0.2) is 30.7 Å². The number of ether oxygens (including phenoxy) is 3. The molecule has 0 amide bonds. The minimum Gasteiger partial charge on any atom is -0.493 e. The van der Waals surface area contributed by atoms with E-state index in [1.54, 1.807) is 14.2 Å². The largest absolute Gasteiger partial charge is 0.493 e. The van der Waals surface area contributed by atoms with Gasteiger partial charge in [-0.3, -0.25) is 0 Å². The van der Waals surface area contributed by atoms with Gasteiger partial charge in [-0.05, 0) is 37.1 Å². The van der Waals surface area contributed by atoms with Gasteiger partial charge in [-0.1, -0.05) is 18.2 Å². The van der Waals surface area contributed by atoms with E-state index in [4.69, 9.17) is 19.3 Å². The molecule has 140 valence electrons. The predicted octanol–water partition coefficient (Wildman–Crippen LogP) is 4.52. The third-order valence-corrected chi connectivity index (χ3v) is 6.01. The molecule has 1 unspecified atom stereocenters. The molecule has 0 N–H and O–H groups in total. The first-order chi connectivity index (χ1) is 13.2. The zero-order chi connectivity index (χ0) is 18.4. The molecule has 5 heteroatoms. The van der Waals surface area contributed by atoms with E-state index >= 15 is 0 Å². The number of nitrogens with zero attached hydrogens (tertiary/aromatic N) is 2. The van der Waals surface area contributed by atoms with E-state index in [0.717, 1.165) is 47.8 Å². The van der Waals surface area contributed by atoms with Gasteiger partial charge >= 0.3 is 0 Å². The minimum atomic E-state index is -0.294. The van der Waals surface area contributed by atoms with Gasteiger partial charge in [0.2, 0.25) is 0 Å². The summed E-state index contributed by atoms with van der Waals surface area (Å²) < 4.78 is 17.4. The van der Waals surface area contributed by atoms with Gasteiger partial charge in [-0.25, -0.2) is 5.01 Å². The Kier molecular flexibility index (Phi) is 3.78. The van der Waals surface area contributed by atoms with Crippen LogP contribution in [0.2, 0.25) is 0 Å². The van der Waals surface area contributed by atoms with Crippen molar-refractivity contribution in [3.05, 3.63) is 53.6 Å². The van der Waals surface area contributed by atoms with Crippen LogP contribution in [0.1, 0.15) is 49.3 Å². The lowest BCUT2D eigenvalue weighted by Crippen LogP contribution is -2.51. The lowest BCUT2D eigenvalue weighted by atomic mass is 9.94. The van der Waals surface area contributed by atoms with E-state index in [9.17, 15) is 0 Å². The fourth-order valence-electron chi connectivity index (χ4n) is 4.68. The molecular formula is C22H24N2O3. The van der Waals surface area contributed by atoms with Crippen LogP contribution in [-0.2, 0) is 0 Å². The second-order valence-electron chi connectivity index (χ2n) is 7.47. The normalized spacial score (nSPS) is 22.1. The first-order valence-electron chi connectivity index (χ1n) is 9.61. The number of hydrogen-bond acceptors (Lipinski definition) is 5. The van der Waals surface area contributed by atoms with Crippen LogP contribution >= 0.6 is 0 Å². The fourth-order valence-corrected chi connectivity index (χ4v) is 4.68. The highest BCUT2D eigenvalue weighted by Gasteiger charge is 2.51. The van der Waals surface area contributed by atoms with Gasteiger partial charge in [0, 0.05) is 30.4 Å². The minimum absolute atomic E-state index is 0.233. The lowest BCUT2D eigenvalue weighted by molar-refractivity contribution is -0.114. The van der Waals surface area contributed by atoms with Gasteiger partial charge in [-0.15, -0.1) is 0 Å². The van der Waals surface area contributed by atoms with Crippen molar-refractivity contribution in [1.82, 2.24) is 5.01 Å². The molecule has 2 aliphatic heterocycles. The Morgan fingerprint density at radius 3 is 2.59 bits per heavy atom. The van der Waals surface area contributed by atoms with E-state index < -0.39 is 0 Å². The highest BCUT2D eigenvalue weighted by Crippen LogP contribution is 2.52. The molecule has 2 aromatic rings. The summed E-state index contributed by atoms with van der Waals surface area (Å²) in [6, 6.07) is 14.7. The molecule has 2 heterocycles. The second-order valence-corrected chi connectivity index (χ2v) is 7.47. The van der Waals surface area contributed by atoms with Crippen molar-refractivity contribution in [3.8, 4) is 17.2 Å². The summed E-state index contributed by atoms with van der Waals surface area (Å²) in [6.07, 6.45) is 5.30. The van der Waals surface area contributed by atoms with E-state index in [2.05, 4.69) is 35.3 Å². The summed E-state index contributed by atoms with van der Waals surface area (Å²) in [5, 5.41) is 7.32. The molecule has 5 nitrogen and oxygen atoms in total. The molecule has 1 spiro atoms. The van der Waals surface area contributed by atoms with E-state index in [0.29, 0.717) is 0 Å². The van der Waals surface area contributed by atoms with Crippen molar-refractivity contribution in [1.29, 1.82) is 0 Å². The summed E-state index contributed by atoms with van der Waals surface area (Å²) in [6.45, 7) is 0. The zero-order valence-electron chi connectivity index (χ0n) is 15.8. The SMILES string of the molecule is COc1ccc(C2=NN3C(C2)c2ccccc2OC32CCCC2)cc1OC. The van der Waals surface area contributed by atoms with E-state index in [-0.39, 0.29) is 11.8 Å². The third-order valence-electron chi connectivity index (χ3n) is 6.01. The van der Waals surface area contributed by atoms with Crippen LogP contribution in [0.15, 0.2) is 47.6 Å². The molecule has 1 aliphatic carbocycles. The lowest BCUT2D eigenvalue weighted by Gasteiger charge is -2.45. The molecule has 0 radical (unpaired) electrons. The quantitative estimate of drug-likeness (QED) is 0.803. The Labute approximate surface area is 159 Å². The topological polar surface area (TPSA) is 43.3 Å². The van der Waals surface area contributed by atoms with Crippen LogP contribution in [0.4, 0.5) is 0 Å². The Morgan fingerprint density at radius 2 is 1.81 bits per heavy atom. The highest BCUT2D eigenvalue weighted by atomic mass is 16.5. The van der Waals surface area contributed by atoms with Crippen molar-refractivity contribution in [2.75, 3.05) is 14.2 Å². The Hall–Kier alpha value is -2.69. The van der Waals surface area contributed by atoms with Gasteiger partial charge in [0.1, 0.15) is 5.75 Å². The fraction of sp³-hybridized carbons (Fsp3) is 0.409. The summed E-state index contributed by atoms with van der Waals surface area (Å²) in [5.41, 5.74) is 3.09. The van der Waals surface area contributed by atoms with Gasteiger partial charge < -0.3 is 14.2 Å². The molecule has 1 saturated carbocycles. The Morgan fingerprint density at radius 1 is 1.04 bits per heavy atom.